The van der Waals surface area contributed by atoms with E-state index < -0.39 is 6.10 Å². The van der Waals surface area contributed by atoms with Crippen LogP contribution in [0.1, 0.15) is 258 Å². The van der Waals surface area contributed by atoms with E-state index in [1.54, 1.807) is 0 Å². The molecule has 0 aromatic heterocycles. The molecule has 0 aromatic rings. The van der Waals surface area contributed by atoms with E-state index in [-0.39, 0.29) is 31.1 Å². The van der Waals surface area contributed by atoms with Crippen molar-refractivity contribution in [1.29, 1.82) is 0 Å². The maximum atomic E-state index is 12.8. The van der Waals surface area contributed by atoms with Gasteiger partial charge in [-0.1, -0.05) is 216 Å². The van der Waals surface area contributed by atoms with Crippen LogP contribution in [0.15, 0.2) is 60.8 Å². The quantitative estimate of drug-likeness (QED) is 0.0262. The lowest BCUT2D eigenvalue weighted by Gasteiger charge is -2.18. The lowest BCUT2D eigenvalue weighted by molar-refractivity contribution is -0.167. The van der Waals surface area contributed by atoms with Gasteiger partial charge >= 0.3 is 17.9 Å². The van der Waals surface area contributed by atoms with Gasteiger partial charge in [0.1, 0.15) is 13.2 Å². The second-order valence-electron chi connectivity index (χ2n) is 17.4. The molecule has 0 spiro atoms. The van der Waals surface area contributed by atoms with Gasteiger partial charge in [-0.15, -0.1) is 0 Å². The first-order valence-electron chi connectivity index (χ1n) is 26.3. The molecule has 0 fully saturated rings. The highest BCUT2D eigenvalue weighted by atomic mass is 16.6. The van der Waals surface area contributed by atoms with Crippen molar-refractivity contribution < 1.29 is 28.6 Å². The van der Waals surface area contributed by atoms with Crippen molar-refractivity contribution in [2.24, 2.45) is 0 Å². The Bertz CT molecular complexity index is 1130. The average Bonchev–Trinajstić information content (AvgIpc) is 3.27. The Kier molecular flexibility index (Phi) is 48.4. The second kappa shape index (κ2) is 50.8. The van der Waals surface area contributed by atoms with Crippen molar-refractivity contribution in [3.05, 3.63) is 60.8 Å². The van der Waals surface area contributed by atoms with Gasteiger partial charge in [0.05, 0.1) is 0 Å². The number of rotatable bonds is 47. The Morgan fingerprint density at radius 2 is 0.629 bits per heavy atom. The summed E-state index contributed by atoms with van der Waals surface area (Å²) in [6.45, 7) is 6.50. The van der Waals surface area contributed by atoms with E-state index in [0.29, 0.717) is 19.3 Å². The maximum Gasteiger partial charge on any atom is 0.306 e. The van der Waals surface area contributed by atoms with Gasteiger partial charge in [-0.05, 0) is 83.5 Å². The van der Waals surface area contributed by atoms with Crippen molar-refractivity contribution in [1.82, 2.24) is 0 Å². The number of esters is 3. The summed E-state index contributed by atoms with van der Waals surface area (Å²) in [5.74, 6) is -0.908. The van der Waals surface area contributed by atoms with Gasteiger partial charge in [0.15, 0.2) is 6.10 Å². The van der Waals surface area contributed by atoms with Crippen LogP contribution < -0.4 is 0 Å². The molecule has 0 N–H and O–H groups in total. The van der Waals surface area contributed by atoms with Gasteiger partial charge in [-0.3, -0.25) is 14.4 Å². The molecule has 0 saturated carbocycles. The third kappa shape index (κ3) is 48.1. The van der Waals surface area contributed by atoms with Crippen LogP contribution >= 0.6 is 0 Å². The van der Waals surface area contributed by atoms with Crippen molar-refractivity contribution in [2.75, 3.05) is 13.2 Å². The maximum absolute atomic E-state index is 12.8. The number of carbonyl (C=O) groups is 3. The first-order chi connectivity index (χ1) is 30.5. The van der Waals surface area contributed by atoms with Gasteiger partial charge in [0.2, 0.25) is 0 Å². The predicted octanol–water partition coefficient (Wildman–Crippen LogP) is 17.3. The van der Waals surface area contributed by atoms with Crippen LogP contribution in [-0.2, 0) is 28.6 Å². The molecule has 0 bridgehead atoms. The summed E-state index contributed by atoms with van der Waals surface area (Å²) in [6.07, 6.45) is 62.0. The molecule has 6 heteroatoms. The highest BCUT2D eigenvalue weighted by Gasteiger charge is 2.19. The first kappa shape index (κ1) is 59.1. The molecule has 0 amide bonds. The molecule has 358 valence electrons. The molecule has 0 aliphatic heterocycles. The number of hydrogen-bond acceptors (Lipinski definition) is 6. The Labute approximate surface area is 383 Å². The Morgan fingerprint density at radius 1 is 0.339 bits per heavy atom. The highest BCUT2D eigenvalue weighted by molar-refractivity contribution is 5.71. The number of unbranched alkanes of at least 4 members (excludes halogenated alkanes) is 26. The Balaban J connectivity index is 4.38. The van der Waals surface area contributed by atoms with Gasteiger partial charge in [-0.2, -0.15) is 0 Å². The van der Waals surface area contributed by atoms with Crippen LogP contribution in [0.5, 0.6) is 0 Å². The van der Waals surface area contributed by atoms with Crippen LogP contribution in [0.3, 0.4) is 0 Å². The fourth-order valence-electron chi connectivity index (χ4n) is 7.31. The van der Waals surface area contributed by atoms with Crippen molar-refractivity contribution in [3.8, 4) is 0 Å². The van der Waals surface area contributed by atoms with E-state index >= 15 is 0 Å². The molecule has 1 atom stereocenters. The Morgan fingerprint density at radius 3 is 1.02 bits per heavy atom. The lowest BCUT2D eigenvalue weighted by Crippen LogP contribution is -2.30. The second-order valence-corrected chi connectivity index (χ2v) is 17.4. The molecule has 0 heterocycles. The standard InChI is InChI=1S/C56H98O6/c1-4-7-10-13-16-19-22-25-26-27-28-29-30-32-34-37-40-43-46-49-55(58)61-52-53(51-60-54(57)48-45-42-39-36-33-24-21-18-15-12-9-6-3)62-56(59)50-47-44-41-38-35-31-23-20-17-14-11-8-5-2/h7,10,16,19,25-26,28-29,31,35,53H,4-6,8-9,11-15,17-18,20-24,27,30,32-34,36-52H2,1-3H3/b10-7-,19-16-,26-25-,29-28-,35-31-. The molecular weight excluding hydrogens is 769 g/mol. The van der Waals surface area contributed by atoms with Gasteiger partial charge < -0.3 is 14.2 Å². The van der Waals surface area contributed by atoms with E-state index in [1.807, 2.05) is 0 Å². The number of allylic oxidation sites excluding steroid dienone is 10. The van der Waals surface area contributed by atoms with Crippen molar-refractivity contribution >= 4 is 17.9 Å². The van der Waals surface area contributed by atoms with Crippen LogP contribution in [0, 0.1) is 0 Å². The van der Waals surface area contributed by atoms with Crippen LogP contribution in [0.4, 0.5) is 0 Å². The van der Waals surface area contributed by atoms with Crippen molar-refractivity contribution in [2.45, 2.75) is 264 Å². The zero-order chi connectivity index (χ0) is 45.1. The molecule has 0 aliphatic rings. The summed E-state index contributed by atoms with van der Waals surface area (Å²) in [5.41, 5.74) is 0. The zero-order valence-corrected chi connectivity index (χ0v) is 40.9. The number of carbonyl (C=O) groups excluding carboxylic acids is 3. The third-order valence-electron chi connectivity index (χ3n) is 11.3. The molecule has 0 radical (unpaired) electrons. The van der Waals surface area contributed by atoms with Gasteiger partial charge in [0.25, 0.3) is 0 Å². The van der Waals surface area contributed by atoms with E-state index in [2.05, 4.69) is 81.5 Å². The van der Waals surface area contributed by atoms with E-state index in [9.17, 15) is 14.4 Å². The fourth-order valence-corrected chi connectivity index (χ4v) is 7.31. The molecule has 1 unspecified atom stereocenters. The molecule has 62 heavy (non-hydrogen) atoms. The number of ether oxygens (including phenoxy) is 3. The smallest absolute Gasteiger partial charge is 0.306 e. The van der Waals surface area contributed by atoms with Crippen LogP contribution in [-0.4, -0.2) is 37.2 Å². The number of hydrogen-bond donors (Lipinski definition) is 0. The summed E-state index contributed by atoms with van der Waals surface area (Å²) < 4.78 is 16.8. The molecular formula is C56H98O6. The molecule has 6 nitrogen and oxygen atoms in total. The van der Waals surface area contributed by atoms with E-state index in [1.165, 1.54) is 116 Å². The predicted molar refractivity (Wildman–Crippen MR) is 265 cm³/mol. The van der Waals surface area contributed by atoms with E-state index in [0.717, 1.165) is 103 Å². The highest BCUT2D eigenvalue weighted by Crippen LogP contribution is 2.15. The first-order valence-corrected chi connectivity index (χ1v) is 26.3. The minimum absolute atomic E-state index is 0.0829. The molecule has 0 rings (SSSR count). The minimum Gasteiger partial charge on any atom is -0.462 e. The van der Waals surface area contributed by atoms with Crippen LogP contribution in [0.25, 0.3) is 0 Å². The summed E-state index contributed by atoms with van der Waals surface area (Å²) >= 11 is 0. The van der Waals surface area contributed by atoms with Gasteiger partial charge in [0, 0.05) is 19.3 Å². The molecule has 0 aliphatic carbocycles. The summed E-state index contributed by atoms with van der Waals surface area (Å²) in [5, 5.41) is 0. The monoisotopic (exact) mass is 867 g/mol. The third-order valence-corrected chi connectivity index (χ3v) is 11.3. The zero-order valence-electron chi connectivity index (χ0n) is 40.9. The summed E-state index contributed by atoms with van der Waals surface area (Å²) in [6, 6.07) is 0. The largest absolute Gasteiger partial charge is 0.462 e. The van der Waals surface area contributed by atoms with Crippen LogP contribution in [0.2, 0.25) is 0 Å². The van der Waals surface area contributed by atoms with Gasteiger partial charge in [-0.25, -0.2) is 0 Å². The normalized spacial score (nSPS) is 12.5. The summed E-state index contributed by atoms with van der Waals surface area (Å²) in [7, 11) is 0. The minimum atomic E-state index is -0.785. The SMILES string of the molecule is CC/C=C\C/C=C\C/C=C\C/C=C\CCCCCCCCC(=O)OCC(COC(=O)CCCCCCCCCCCCCC)OC(=O)CCCCC/C=C\CCCCCCCC. The lowest BCUT2D eigenvalue weighted by atomic mass is 10.0. The molecule has 0 aromatic carbocycles. The average molecular weight is 867 g/mol. The fraction of sp³-hybridized carbons (Fsp3) is 0.768. The van der Waals surface area contributed by atoms with Crippen molar-refractivity contribution in [3.63, 3.8) is 0 Å². The Hall–Kier alpha value is -2.89. The van der Waals surface area contributed by atoms with E-state index in [4.69, 9.17) is 14.2 Å². The topological polar surface area (TPSA) is 78.9 Å². The summed E-state index contributed by atoms with van der Waals surface area (Å²) in [4.78, 5) is 38.0. The molecule has 0 saturated heterocycles.